The highest BCUT2D eigenvalue weighted by Gasteiger charge is 2.43. The average molecular weight is 210 g/mol. The lowest BCUT2D eigenvalue weighted by Gasteiger charge is -2.17. The van der Waals surface area contributed by atoms with E-state index in [-0.39, 0.29) is 12.8 Å². The van der Waals surface area contributed by atoms with Crippen LogP contribution in [-0.2, 0) is 9.36 Å². The molecule has 0 bridgehead atoms. The normalized spacial score (nSPS) is 21.8. The van der Waals surface area contributed by atoms with Crippen molar-refractivity contribution in [1.82, 2.24) is 0 Å². The van der Waals surface area contributed by atoms with Gasteiger partial charge in [0.1, 0.15) is 6.16 Å². The zero-order valence-electron chi connectivity index (χ0n) is 7.07. The molecule has 1 aliphatic carbocycles. The number of carbonyl (C=O) groups is 1. The minimum absolute atomic E-state index is 0.103. The van der Waals surface area contributed by atoms with Crippen LogP contribution in [0.3, 0.4) is 0 Å². The highest BCUT2D eigenvalue weighted by molar-refractivity contribution is 7.52. The number of rotatable bonds is 3. The van der Waals surface area contributed by atoms with E-state index in [1.807, 2.05) is 0 Å². The van der Waals surface area contributed by atoms with Gasteiger partial charge in [-0.2, -0.15) is 0 Å². The molecular weight excluding hydrogens is 198 g/mol. The third-order valence-electron chi connectivity index (χ3n) is 2.25. The number of hydrogen-bond acceptors (Lipinski definition) is 2. The van der Waals surface area contributed by atoms with Crippen LogP contribution in [0.15, 0.2) is 0 Å². The minimum atomic E-state index is -4.41. The van der Waals surface area contributed by atoms with E-state index in [1.165, 1.54) is 0 Å². The van der Waals surface area contributed by atoms with Crippen molar-refractivity contribution in [3.8, 4) is 0 Å². The van der Waals surface area contributed by atoms with Crippen molar-refractivity contribution in [2.75, 3.05) is 6.16 Å². The molecule has 76 valence electrons. The van der Waals surface area contributed by atoms with Crippen molar-refractivity contribution in [3.63, 3.8) is 0 Å². The standard InChI is InChI=1S/C7H12FO4P/c8-7(3-1-2-4-7)6(9)5-13(10,11)12/h1-5H2,(H2,10,11,12). The highest BCUT2D eigenvalue weighted by atomic mass is 31.2. The third kappa shape index (κ3) is 2.86. The van der Waals surface area contributed by atoms with E-state index in [4.69, 9.17) is 9.79 Å². The summed E-state index contributed by atoms with van der Waals surface area (Å²) in [5.74, 6) is -0.946. The lowest BCUT2D eigenvalue weighted by Crippen LogP contribution is -2.32. The van der Waals surface area contributed by atoms with Gasteiger partial charge >= 0.3 is 7.60 Å². The Labute approximate surface area is 75.3 Å². The van der Waals surface area contributed by atoms with Gasteiger partial charge in [0, 0.05) is 0 Å². The van der Waals surface area contributed by atoms with Gasteiger partial charge in [-0.05, 0) is 25.7 Å². The molecule has 0 aliphatic heterocycles. The summed E-state index contributed by atoms with van der Waals surface area (Å²) in [5.41, 5.74) is -1.97. The second kappa shape index (κ2) is 3.48. The summed E-state index contributed by atoms with van der Waals surface area (Å²) in [7, 11) is -4.41. The fourth-order valence-electron chi connectivity index (χ4n) is 1.54. The second-order valence-corrected chi connectivity index (χ2v) is 5.06. The fraction of sp³-hybridized carbons (Fsp3) is 0.857. The zero-order chi connectivity index (χ0) is 10.1. The van der Waals surface area contributed by atoms with Crippen molar-refractivity contribution in [3.05, 3.63) is 0 Å². The average Bonchev–Trinajstić information content (AvgIpc) is 2.33. The Bertz CT molecular complexity index is 253. The molecule has 0 radical (unpaired) electrons. The maximum Gasteiger partial charge on any atom is 0.333 e. The molecule has 1 aliphatic rings. The van der Waals surface area contributed by atoms with Gasteiger partial charge in [-0.15, -0.1) is 0 Å². The molecule has 0 unspecified atom stereocenters. The van der Waals surface area contributed by atoms with E-state index in [1.54, 1.807) is 0 Å². The zero-order valence-corrected chi connectivity index (χ0v) is 7.97. The number of carbonyl (C=O) groups excluding carboxylic acids is 1. The summed E-state index contributed by atoms with van der Waals surface area (Å²) in [6, 6.07) is 0. The molecule has 0 spiro atoms. The highest BCUT2D eigenvalue weighted by Crippen LogP contribution is 2.40. The topological polar surface area (TPSA) is 74.6 Å². The molecule has 0 amide bonds. The lowest BCUT2D eigenvalue weighted by molar-refractivity contribution is -0.127. The SMILES string of the molecule is O=C(CP(=O)(O)O)C1(F)CCCC1. The van der Waals surface area contributed by atoms with Crippen molar-refractivity contribution in [1.29, 1.82) is 0 Å². The molecule has 0 saturated heterocycles. The van der Waals surface area contributed by atoms with Crippen LogP contribution < -0.4 is 0 Å². The second-order valence-electron chi connectivity index (χ2n) is 3.42. The van der Waals surface area contributed by atoms with E-state index in [2.05, 4.69) is 0 Å². The van der Waals surface area contributed by atoms with Gasteiger partial charge in [-0.1, -0.05) is 0 Å². The molecule has 2 N–H and O–H groups in total. The van der Waals surface area contributed by atoms with E-state index < -0.39 is 25.2 Å². The van der Waals surface area contributed by atoms with Crippen molar-refractivity contribution < 1.29 is 23.5 Å². The first-order valence-corrected chi connectivity index (χ1v) is 5.90. The molecule has 1 rings (SSSR count). The maximum atomic E-state index is 13.5. The molecule has 0 aromatic carbocycles. The van der Waals surface area contributed by atoms with Crippen molar-refractivity contribution in [2.45, 2.75) is 31.4 Å². The molecule has 6 heteroatoms. The van der Waals surface area contributed by atoms with Crippen LogP contribution in [-0.4, -0.2) is 27.4 Å². The van der Waals surface area contributed by atoms with Gasteiger partial charge in [-0.3, -0.25) is 9.36 Å². The van der Waals surface area contributed by atoms with Crippen LogP contribution in [0.2, 0.25) is 0 Å². The molecule has 0 aromatic heterocycles. The van der Waals surface area contributed by atoms with E-state index >= 15 is 0 Å². The Balaban J connectivity index is 2.62. The molecule has 0 heterocycles. The van der Waals surface area contributed by atoms with E-state index in [0.717, 1.165) is 0 Å². The predicted molar refractivity (Wildman–Crippen MR) is 44.2 cm³/mol. The lowest BCUT2D eigenvalue weighted by atomic mass is 10.0. The summed E-state index contributed by atoms with van der Waals surface area (Å²) in [5, 5.41) is 0. The number of halogens is 1. The quantitative estimate of drug-likeness (QED) is 0.682. The van der Waals surface area contributed by atoms with Gasteiger partial charge in [0.25, 0.3) is 0 Å². The summed E-state index contributed by atoms with van der Waals surface area (Å²) >= 11 is 0. The molecule has 0 atom stereocenters. The van der Waals surface area contributed by atoms with Crippen LogP contribution in [0, 0.1) is 0 Å². The van der Waals surface area contributed by atoms with Crippen molar-refractivity contribution in [2.24, 2.45) is 0 Å². The smallest absolute Gasteiger partial charge is 0.324 e. The Kier molecular flexibility index (Phi) is 2.90. The maximum absolute atomic E-state index is 13.5. The van der Waals surface area contributed by atoms with E-state index in [9.17, 15) is 13.8 Å². The van der Waals surface area contributed by atoms with E-state index in [0.29, 0.717) is 12.8 Å². The molecule has 4 nitrogen and oxygen atoms in total. The van der Waals surface area contributed by atoms with Crippen LogP contribution >= 0.6 is 7.60 Å². The Morgan fingerprint density at radius 3 is 2.23 bits per heavy atom. The summed E-state index contributed by atoms with van der Waals surface area (Å²) in [6.07, 6.45) is 0.466. The minimum Gasteiger partial charge on any atom is -0.324 e. The van der Waals surface area contributed by atoms with Gasteiger partial charge in [0.15, 0.2) is 11.5 Å². The molecule has 1 fully saturated rings. The van der Waals surface area contributed by atoms with Gasteiger partial charge in [0.05, 0.1) is 0 Å². The Hall–Kier alpha value is -0.250. The number of ketones is 1. The first kappa shape index (κ1) is 10.8. The summed E-state index contributed by atoms with van der Waals surface area (Å²) in [6.45, 7) is 0. The third-order valence-corrected chi connectivity index (χ3v) is 2.94. The first-order chi connectivity index (χ1) is 5.83. The van der Waals surface area contributed by atoms with Crippen molar-refractivity contribution >= 4 is 13.4 Å². The number of hydrogen-bond donors (Lipinski definition) is 2. The fourth-order valence-corrected chi connectivity index (χ4v) is 2.20. The summed E-state index contributed by atoms with van der Waals surface area (Å²) < 4.78 is 24.0. The van der Waals surface area contributed by atoms with Crippen LogP contribution in [0.1, 0.15) is 25.7 Å². The largest absolute Gasteiger partial charge is 0.333 e. The van der Waals surface area contributed by atoms with Crippen LogP contribution in [0.5, 0.6) is 0 Å². The summed E-state index contributed by atoms with van der Waals surface area (Å²) in [4.78, 5) is 28.1. The predicted octanol–water partition coefficient (Wildman–Crippen LogP) is 1.02. The molecule has 0 aromatic rings. The van der Waals surface area contributed by atoms with Gasteiger partial charge < -0.3 is 9.79 Å². The number of Topliss-reactive ketones (excluding diaryl/α,β-unsaturated/α-hetero) is 1. The molecule has 13 heavy (non-hydrogen) atoms. The van der Waals surface area contributed by atoms with Gasteiger partial charge in [-0.25, -0.2) is 4.39 Å². The first-order valence-electron chi connectivity index (χ1n) is 4.10. The van der Waals surface area contributed by atoms with Crippen LogP contribution in [0.25, 0.3) is 0 Å². The number of alkyl halides is 1. The Morgan fingerprint density at radius 2 is 1.85 bits per heavy atom. The van der Waals surface area contributed by atoms with Gasteiger partial charge in [0.2, 0.25) is 0 Å². The monoisotopic (exact) mass is 210 g/mol. The molecule has 1 saturated carbocycles. The van der Waals surface area contributed by atoms with Crippen LogP contribution in [0.4, 0.5) is 4.39 Å². The Morgan fingerprint density at radius 1 is 1.38 bits per heavy atom. The molecular formula is C7H12FO4P.